The van der Waals surface area contributed by atoms with Crippen LogP contribution in [0.1, 0.15) is 5.56 Å². The first kappa shape index (κ1) is 14.8. The number of amides is 1. The standard InChI is InChI=1S/C14H17NO4/c1-11-3-5-12(6-4-11)19-10-9-15(2)13(16)7-8-14(17)18/h3-8H,9-10H2,1-2H3,(H,17,18)/b8-7+. The average Bonchev–Trinajstić information content (AvgIpc) is 2.38. The summed E-state index contributed by atoms with van der Waals surface area (Å²) < 4.78 is 5.47. The first-order chi connectivity index (χ1) is 8.99. The summed E-state index contributed by atoms with van der Waals surface area (Å²) in [7, 11) is 1.59. The third-order valence-electron chi connectivity index (χ3n) is 2.46. The van der Waals surface area contributed by atoms with Crippen LogP contribution in [0, 0.1) is 6.92 Å². The minimum absolute atomic E-state index is 0.353. The fraction of sp³-hybridized carbons (Fsp3) is 0.286. The Morgan fingerprint density at radius 2 is 1.89 bits per heavy atom. The number of aliphatic carboxylic acids is 1. The number of carbonyl (C=O) groups excluding carboxylic acids is 1. The zero-order chi connectivity index (χ0) is 14.3. The summed E-state index contributed by atoms with van der Waals surface area (Å²) in [5.74, 6) is -0.764. The molecule has 0 aliphatic rings. The predicted octanol–water partition coefficient (Wildman–Crippen LogP) is 1.47. The lowest BCUT2D eigenvalue weighted by atomic mass is 10.2. The van der Waals surface area contributed by atoms with Crippen LogP contribution in [0.5, 0.6) is 5.75 Å². The molecule has 0 saturated heterocycles. The number of nitrogens with zero attached hydrogens (tertiary/aromatic N) is 1. The summed E-state index contributed by atoms with van der Waals surface area (Å²) in [6, 6.07) is 7.61. The Labute approximate surface area is 112 Å². The van der Waals surface area contributed by atoms with Gasteiger partial charge < -0.3 is 14.7 Å². The van der Waals surface area contributed by atoms with Crippen molar-refractivity contribution in [2.24, 2.45) is 0 Å². The zero-order valence-electron chi connectivity index (χ0n) is 11.0. The number of carboxylic acid groups (broad SMARTS) is 1. The van der Waals surface area contributed by atoms with E-state index in [2.05, 4.69) is 0 Å². The summed E-state index contributed by atoms with van der Waals surface area (Å²) in [6.07, 6.45) is 1.84. The number of carbonyl (C=O) groups is 2. The fourth-order valence-electron chi connectivity index (χ4n) is 1.31. The second kappa shape index (κ2) is 7.20. The maximum Gasteiger partial charge on any atom is 0.328 e. The number of aryl methyl sites for hydroxylation is 1. The molecule has 102 valence electrons. The molecule has 5 heteroatoms. The second-order valence-corrected chi connectivity index (χ2v) is 4.09. The van der Waals surface area contributed by atoms with Crippen LogP contribution in [0.3, 0.4) is 0 Å². The average molecular weight is 263 g/mol. The quantitative estimate of drug-likeness (QED) is 0.789. The highest BCUT2D eigenvalue weighted by Gasteiger charge is 2.05. The lowest BCUT2D eigenvalue weighted by molar-refractivity contribution is -0.132. The largest absolute Gasteiger partial charge is 0.492 e. The van der Waals surface area contributed by atoms with Crippen LogP contribution in [-0.4, -0.2) is 42.1 Å². The van der Waals surface area contributed by atoms with Crippen molar-refractivity contribution in [2.45, 2.75) is 6.92 Å². The number of hydrogen-bond acceptors (Lipinski definition) is 3. The van der Waals surface area contributed by atoms with Crippen LogP contribution in [0.25, 0.3) is 0 Å². The number of carboxylic acids is 1. The van der Waals surface area contributed by atoms with Gasteiger partial charge in [0, 0.05) is 19.2 Å². The lowest BCUT2D eigenvalue weighted by Gasteiger charge is -2.15. The fourth-order valence-corrected chi connectivity index (χ4v) is 1.31. The van der Waals surface area contributed by atoms with Crippen molar-refractivity contribution in [1.82, 2.24) is 4.90 Å². The number of rotatable bonds is 6. The van der Waals surface area contributed by atoms with Gasteiger partial charge in [-0.25, -0.2) is 4.79 Å². The van der Waals surface area contributed by atoms with E-state index in [-0.39, 0.29) is 5.91 Å². The predicted molar refractivity (Wildman–Crippen MR) is 71.1 cm³/mol. The summed E-state index contributed by atoms with van der Waals surface area (Å²) in [5, 5.41) is 8.41. The molecule has 5 nitrogen and oxygen atoms in total. The van der Waals surface area contributed by atoms with Gasteiger partial charge in [0.15, 0.2) is 0 Å². The molecule has 0 atom stereocenters. The molecule has 1 rings (SSSR count). The first-order valence-corrected chi connectivity index (χ1v) is 5.84. The Balaban J connectivity index is 2.34. The highest BCUT2D eigenvalue weighted by atomic mass is 16.5. The Hall–Kier alpha value is -2.30. The third-order valence-corrected chi connectivity index (χ3v) is 2.46. The van der Waals surface area contributed by atoms with Gasteiger partial charge in [0.2, 0.25) is 5.91 Å². The maximum atomic E-state index is 11.5. The summed E-state index contributed by atoms with van der Waals surface area (Å²) >= 11 is 0. The smallest absolute Gasteiger partial charge is 0.328 e. The van der Waals surface area contributed by atoms with Gasteiger partial charge in [0.1, 0.15) is 12.4 Å². The molecular formula is C14H17NO4. The van der Waals surface area contributed by atoms with Crippen molar-refractivity contribution >= 4 is 11.9 Å². The van der Waals surface area contributed by atoms with Crippen LogP contribution >= 0.6 is 0 Å². The molecule has 0 heterocycles. The molecule has 1 N–H and O–H groups in total. The Morgan fingerprint density at radius 1 is 1.26 bits per heavy atom. The van der Waals surface area contributed by atoms with Crippen molar-refractivity contribution in [3.8, 4) is 5.75 Å². The molecule has 0 spiro atoms. The van der Waals surface area contributed by atoms with Crippen LogP contribution in [0.4, 0.5) is 0 Å². The summed E-state index contributed by atoms with van der Waals surface area (Å²) in [4.78, 5) is 23.1. The third kappa shape index (κ3) is 5.72. The van der Waals surface area contributed by atoms with Crippen molar-refractivity contribution in [2.75, 3.05) is 20.2 Å². The highest BCUT2D eigenvalue weighted by molar-refractivity contribution is 5.93. The Morgan fingerprint density at radius 3 is 2.47 bits per heavy atom. The normalized spacial score (nSPS) is 10.4. The zero-order valence-corrected chi connectivity index (χ0v) is 11.0. The van der Waals surface area contributed by atoms with Crippen molar-refractivity contribution in [3.63, 3.8) is 0 Å². The molecule has 0 aliphatic carbocycles. The van der Waals surface area contributed by atoms with E-state index >= 15 is 0 Å². The number of hydrogen-bond donors (Lipinski definition) is 1. The molecule has 1 amide bonds. The second-order valence-electron chi connectivity index (χ2n) is 4.09. The van der Waals surface area contributed by atoms with Crippen LogP contribution in [0.2, 0.25) is 0 Å². The van der Waals surface area contributed by atoms with E-state index in [0.29, 0.717) is 13.2 Å². The van der Waals surface area contributed by atoms with E-state index in [1.807, 2.05) is 31.2 Å². The van der Waals surface area contributed by atoms with Crippen LogP contribution in [0.15, 0.2) is 36.4 Å². The molecule has 0 aromatic heterocycles. The van der Waals surface area contributed by atoms with Gasteiger partial charge in [-0.2, -0.15) is 0 Å². The summed E-state index contributed by atoms with van der Waals surface area (Å²) in [6.45, 7) is 2.73. The molecule has 0 unspecified atom stereocenters. The van der Waals surface area contributed by atoms with E-state index in [9.17, 15) is 9.59 Å². The number of ether oxygens (including phenoxy) is 1. The van der Waals surface area contributed by atoms with Crippen LogP contribution < -0.4 is 4.74 Å². The molecule has 0 saturated carbocycles. The topological polar surface area (TPSA) is 66.8 Å². The molecule has 0 fully saturated rings. The monoisotopic (exact) mass is 263 g/mol. The minimum Gasteiger partial charge on any atom is -0.492 e. The van der Waals surface area contributed by atoms with Gasteiger partial charge in [0.05, 0.1) is 6.54 Å². The minimum atomic E-state index is -1.14. The molecular weight excluding hydrogens is 246 g/mol. The first-order valence-electron chi connectivity index (χ1n) is 5.84. The van der Waals surface area contributed by atoms with E-state index in [1.54, 1.807) is 7.05 Å². The van der Waals surface area contributed by atoms with Crippen molar-refractivity contribution < 1.29 is 19.4 Å². The molecule has 1 aromatic carbocycles. The van der Waals surface area contributed by atoms with Gasteiger partial charge in [-0.05, 0) is 19.1 Å². The molecule has 0 radical (unpaired) electrons. The lowest BCUT2D eigenvalue weighted by Crippen LogP contribution is -2.29. The van der Waals surface area contributed by atoms with E-state index in [4.69, 9.17) is 9.84 Å². The van der Waals surface area contributed by atoms with Crippen LogP contribution in [-0.2, 0) is 9.59 Å². The van der Waals surface area contributed by atoms with E-state index < -0.39 is 5.97 Å². The Kier molecular flexibility index (Phi) is 5.60. The summed E-state index contributed by atoms with van der Waals surface area (Å²) in [5.41, 5.74) is 1.15. The van der Waals surface area contributed by atoms with Gasteiger partial charge in [0.25, 0.3) is 0 Å². The SMILES string of the molecule is Cc1ccc(OCCN(C)C(=O)/C=C/C(=O)O)cc1. The Bertz CT molecular complexity index is 465. The number of likely N-dealkylation sites (N-methyl/N-ethyl adjacent to an activating group) is 1. The van der Waals surface area contributed by atoms with Gasteiger partial charge >= 0.3 is 5.97 Å². The van der Waals surface area contributed by atoms with Gasteiger partial charge in [-0.3, -0.25) is 4.79 Å². The highest BCUT2D eigenvalue weighted by Crippen LogP contribution is 2.11. The van der Waals surface area contributed by atoms with Gasteiger partial charge in [-0.15, -0.1) is 0 Å². The molecule has 19 heavy (non-hydrogen) atoms. The van der Waals surface area contributed by atoms with E-state index in [1.165, 1.54) is 4.90 Å². The maximum absolute atomic E-state index is 11.5. The van der Waals surface area contributed by atoms with Crippen molar-refractivity contribution in [3.05, 3.63) is 42.0 Å². The molecule has 1 aromatic rings. The number of benzene rings is 1. The van der Waals surface area contributed by atoms with Gasteiger partial charge in [-0.1, -0.05) is 17.7 Å². The molecule has 0 bridgehead atoms. The molecule has 0 aliphatic heterocycles. The van der Waals surface area contributed by atoms with Crippen molar-refractivity contribution in [1.29, 1.82) is 0 Å². The van der Waals surface area contributed by atoms with E-state index in [0.717, 1.165) is 23.5 Å².